The van der Waals surface area contributed by atoms with Crippen molar-refractivity contribution in [3.63, 3.8) is 0 Å². The third kappa shape index (κ3) is 7.14. The van der Waals surface area contributed by atoms with E-state index < -0.39 is 5.76 Å². The van der Waals surface area contributed by atoms with Gasteiger partial charge in [0.1, 0.15) is 5.75 Å². The van der Waals surface area contributed by atoms with Crippen molar-refractivity contribution in [2.75, 3.05) is 18.5 Å². The van der Waals surface area contributed by atoms with Gasteiger partial charge in [-0.1, -0.05) is 30.0 Å². The van der Waals surface area contributed by atoms with Gasteiger partial charge in [0.15, 0.2) is 5.11 Å². The number of hydrogen-bond acceptors (Lipinski definition) is 3. The van der Waals surface area contributed by atoms with Gasteiger partial charge < -0.3 is 15.4 Å². The second-order valence-corrected chi connectivity index (χ2v) is 6.27. The number of alkyl halides is 2. The maximum absolute atomic E-state index is 12.2. The molecule has 7 heteroatoms. The normalized spacial score (nSPS) is 10.5. The van der Waals surface area contributed by atoms with Crippen molar-refractivity contribution in [1.82, 2.24) is 5.32 Å². The molecule has 2 aromatic rings. The van der Waals surface area contributed by atoms with Crippen LogP contribution in [-0.4, -0.2) is 24.0 Å². The van der Waals surface area contributed by atoms with Crippen molar-refractivity contribution in [2.45, 2.75) is 17.1 Å². The number of halogens is 2. The minimum absolute atomic E-state index is 0.490. The molecule has 0 unspecified atom stereocenters. The van der Waals surface area contributed by atoms with E-state index in [1.807, 2.05) is 30.3 Å². The SMILES string of the molecule is FC(F)Sc1ccc(NC(=S)NCCCOc2ccccc2)cc1. The van der Waals surface area contributed by atoms with Gasteiger partial charge in [-0.05, 0) is 55.0 Å². The summed E-state index contributed by atoms with van der Waals surface area (Å²) in [4.78, 5) is 0.521. The predicted octanol–water partition coefficient (Wildman–Crippen LogP) is 4.76. The summed E-state index contributed by atoms with van der Waals surface area (Å²) in [6.45, 7) is 1.27. The average molecular weight is 368 g/mol. The van der Waals surface area contributed by atoms with Gasteiger partial charge in [0.2, 0.25) is 0 Å². The zero-order valence-corrected chi connectivity index (χ0v) is 14.5. The van der Waals surface area contributed by atoms with Crippen LogP contribution in [0.1, 0.15) is 6.42 Å². The smallest absolute Gasteiger partial charge is 0.288 e. The van der Waals surface area contributed by atoms with Crippen molar-refractivity contribution >= 4 is 34.8 Å². The first-order valence-electron chi connectivity index (χ1n) is 7.41. The summed E-state index contributed by atoms with van der Waals surface area (Å²) in [6.07, 6.45) is 0.806. The van der Waals surface area contributed by atoms with Crippen molar-refractivity contribution in [2.24, 2.45) is 0 Å². The molecular formula is C17H18F2N2OS2. The third-order valence-corrected chi connectivity index (χ3v) is 3.92. The first kappa shape index (κ1) is 18.5. The lowest BCUT2D eigenvalue weighted by atomic mass is 10.3. The standard InChI is InChI=1S/C17H18F2N2OS2/c18-16(19)24-15-9-7-13(8-10-15)21-17(23)20-11-4-12-22-14-5-2-1-3-6-14/h1-3,5-10,16H,4,11-12H2,(H2,20,21,23). The molecule has 0 bridgehead atoms. The molecule has 0 fully saturated rings. The van der Waals surface area contributed by atoms with Crippen LogP contribution < -0.4 is 15.4 Å². The monoisotopic (exact) mass is 368 g/mol. The van der Waals surface area contributed by atoms with Crippen LogP contribution in [-0.2, 0) is 0 Å². The van der Waals surface area contributed by atoms with Gasteiger partial charge >= 0.3 is 0 Å². The minimum atomic E-state index is -2.41. The number of thiocarbonyl (C=S) groups is 1. The Labute approximate surface area is 149 Å². The molecule has 0 aliphatic carbocycles. The minimum Gasteiger partial charge on any atom is -0.494 e. The molecule has 0 saturated heterocycles. The Balaban J connectivity index is 1.62. The summed E-state index contributed by atoms with van der Waals surface area (Å²) in [5, 5.41) is 6.58. The Bertz CT molecular complexity index is 624. The van der Waals surface area contributed by atoms with E-state index in [2.05, 4.69) is 10.6 Å². The molecule has 0 aromatic heterocycles. The molecule has 0 amide bonds. The van der Waals surface area contributed by atoms with Crippen molar-refractivity contribution < 1.29 is 13.5 Å². The largest absolute Gasteiger partial charge is 0.494 e. The van der Waals surface area contributed by atoms with E-state index in [0.717, 1.165) is 17.9 Å². The highest BCUT2D eigenvalue weighted by atomic mass is 32.2. The van der Waals surface area contributed by atoms with Crippen molar-refractivity contribution in [3.8, 4) is 5.75 Å². The fraction of sp³-hybridized carbons (Fsp3) is 0.235. The molecule has 0 heterocycles. The van der Waals surface area contributed by atoms with Crippen LogP contribution in [0.2, 0.25) is 0 Å². The van der Waals surface area contributed by atoms with Gasteiger partial charge in [-0.15, -0.1) is 0 Å². The number of ether oxygens (including phenoxy) is 1. The first-order chi connectivity index (χ1) is 11.6. The van der Waals surface area contributed by atoms with E-state index in [9.17, 15) is 8.78 Å². The van der Waals surface area contributed by atoms with Gasteiger partial charge in [-0.2, -0.15) is 8.78 Å². The van der Waals surface area contributed by atoms with Crippen LogP contribution in [0.25, 0.3) is 0 Å². The summed E-state index contributed by atoms with van der Waals surface area (Å²) in [5.74, 6) is -1.57. The lowest BCUT2D eigenvalue weighted by Gasteiger charge is -2.11. The van der Waals surface area contributed by atoms with Crippen molar-refractivity contribution in [3.05, 3.63) is 54.6 Å². The maximum atomic E-state index is 12.2. The number of anilines is 1. The van der Waals surface area contributed by atoms with E-state index in [4.69, 9.17) is 17.0 Å². The number of nitrogens with one attached hydrogen (secondary N) is 2. The predicted molar refractivity (Wildman–Crippen MR) is 99.1 cm³/mol. The van der Waals surface area contributed by atoms with Crippen LogP contribution in [0, 0.1) is 0 Å². The molecule has 24 heavy (non-hydrogen) atoms. The number of hydrogen-bond donors (Lipinski definition) is 2. The van der Waals surface area contributed by atoms with Crippen LogP contribution in [0.4, 0.5) is 14.5 Å². The van der Waals surface area contributed by atoms with Crippen LogP contribution in [0.15, 0.2) is 59.5 Å². The molecule has 0 spiro atoms. The van der Waals surface area contributed by atoms with Crippen LogP contribution in [0.5, 0.6) is 5.75 Å². The molecule has 2 rings (SSSR count). The topological polar surface area (TPSA) is 33.3 Å². The van der Waals surface area contributed by atoms with Gasteiger partial charge in [0, 0.05) is 17.1 Å². The molecule has 0 aliphatic heterocycles. The van der Waals surface area contributed by atoms with E-state index >= 15 is 0 Å². The van der Waals surface area contributed by atoms with E-state index in [1.165, 1.54) is 0 Å². The molecule has 128 valence electrons. The molecule has 2 aromatic carbocycles. The number of rotatable bonds is 8. The quantitative estimate of drug-likeness (QED) is 0.399. The Hall–Kier alpha value is -1.86. The van der Waals surface area contributed by atoms with E-state index in [1.54, 1.807) is 24.3 Å². The summed E-state index contributed by atoms with van der Waals surface area (Å²) in [7, 11) is 0. The zero-order chi connectivity index (χ0) is 17.2. The van der Waals surface area contributed by atoms with Gasteiger partial charge in [0.25, 0.3) is 5.76 Å². The lowest BCUT2D eigenvalue weighted by Crippen LogP contribution is -2.29. The van der Waals surface area contributed by atoms with Crippen LogP contribution in [0.3, 0.4) is 0 Å². The fourth-order valence-electron chi connectivity index (χ4n) is 1.88. The van der Waals surface area contributed by atoms with E-state index in [-0.39, 0.29) is 0 Å². The summed E-state index contributed by atoms with van der Waals surface area (Å²) in [5.41, 5.74) is 0.756. The molecule has 0 radical (unpaired) electrons. The highest BCUT2D eigenvalue weighted by Gasteiger charge is 2.05. The Morgan fingerprint density at radius 3 is 2.46 bits per heavy atom. The molecule has 3 nitrogen and oxygen atoms in total. The molecule has 0 atom stereocenters. The molecule has 2 N–H and O–H groups in total. The summed E-state index contributed by atoms with van der Waals surface area (Å²) in [6, 6.07) is 16.3. The molecule has 0 saturated carbocycles. The Morgan fingerprint density at radius 2 is 1.79 bits per heavy atom. The maximum Gasteiger partial charge on any atom is 0.288 e. The zero-order valence-electron chi connectivity index (χ0n) is 12.9. The Kier molecular flexibility index (Phi) is 7.77. The third-order valence-electron chi connectivity index (χ3n) is 2.96. The molecular weight excluding hydrogens is 350 g/mol. The summed E-state index contributed by atoms with van der Waals surface area (Å²) < 4.78 is 30.1. The Morgan fingerprint density at radius 1 is 1.08 bits per heavy atom. The average Bonchev–Trinajstić information content (AvgIpc) is 2.57. The van der Waals surface area contributed by atoms with Gasteiger partial charge in [-0.3, -0.25) is 0 Å². The second-order valence-electron chi connectivity index (χ2n) is 4.80. The van der Waals surface area contributed by atoms with Crippen LogP contribution >= 0.6 is 24.0 Å². The number of para-hydroxylation sites is 1. The summed E-state index contributed by atoms with van der Waals surface area (Å²) >= 11 is 5.71. The highest BCUT2D eigenvalue weighted by molar-refractivity contribution is 7.99. The highest BCUT2D eigenvalue weighted by Crippen LogP contribution is 2.26. The van der Waals surface area contributed by atoms with Gasteiger partial charge in [-0.25, -0.2) is 0 Å². The number of benzene rings is 2. The van der Waals surface area contributed by atoms with Gasteiger partial charge in [0.05, 0.1) is 6.61 Å². The fourth-order valence-corrected chi connectivity index (χ4v) is 2.59. The molecule has 0 aliphatic rings. The number of thioether (sulfide) groups is 1. The van der Waals surface area contributed by atoms with Crippen molar-refractivity contribution in [1.29, 1.82) is 0 Å². The first-order valence-corrected chi connectivity index (χ1v) is 8.70. The second kappa shape index (κ2) is 10.1. The lowest BCUT2D eigenvalue weighted by molar-refractivity contribution is 0.252. The van der Waals surface area contributed by atoms with E-state index in [0.29, 0.717) is 34.9 Å².